The third-order valence-corrected chi connectivity index (χ3v) is 10.4. The molecule has 3 aliphatic heterocycles. The summed E-state index contributed by atoms with van der Waals surface area (Å²) in [6.45, 7) is 12.5. The van der Waals surface area contributed by atoms with E-state index in [9.17, 15) is 0 Å². The molecular formula is C38H44BClN8O2. The van der Waals surface area contributed by atoms with Gasteiger partial charge in [-0.25, -0.2) is 15.0 Å². The maximum Gasteiger partial charge on any atom is 0.496 e. The van der Waals surface area contributed by atoms with Gasteiger partial charge in [-0.1, -0.05) is 42.0 Å². The second-order valence-electron chi connectivity index (χ2n) is 14.2. The van der Waals surface area contributed by atoms with Crippen molar-refractivity contribution in [3.05, 3.63) is 89.1 Å². The Morgan fingerprint density at radius 1 is 0.640 bits per heavy atom. The van der Waals surface area contributed by atoms with Gasteiger partial charge >= 0.3 is 7.12 Å². The third kappa shape index (κ3) is 7.31. The van der Waals surface area contributed by atoms with E-state index in [-0.39, 0.29) is 18.3 Å². The van der Waals surface area contributed by atoms with Crippen molar-refractivity contribution in [2.75, 3.05) is 36.0 Å². The van der Waals surface area contributed by atoms with Crippen molar-refractivity contribution >= 4 is 48.0 Å². The number of allylic oxidation sites excluding steroid dienone is 2. The fourth-order valence-electron chi connectivity index (χ4n) is 6.65. The zero-order valence-electron chi connectivity index (χ0n) is 29.3. The van der Waals surface area contributed by atoms with Crippen molar-refractivity contribution in [3.63, 3.8) is 0 Å². The lowest BCUT2D eigenvalue weighted by Crippen LogP contribution is -2.41. The van der Waals surface area contributed by atoms with Crippen molar-refractivity contribution in [2.45, 2.75) is 77.4 Å². The van der Waals surface area contributed by atoms with Gasteiger partial charge < -0.3 is 19.1 Å². The minimum absolute atomic E-state index is 0.299. The van der Waals surface area contributed by atoms with E-state index >= 15 is 0 Å². The minimum Gasteiger partial charge on any atom is -0.399 e. The van der Waals surface area contributed by atoms with Gasteiger partial charge in [0.05, 0.1) is 22.6 Å². The van der Waals surface area contributed by atoms with Crippen LogP contribution in [0, 0.1) is 0 Å². The summed E-state index contributed by atoms with van der Waals surface area (Å²) in [4.78, 5) is 30.8. The summed E-state index contributed by atoms with van der Waals surface area (Å²) >= 11 is 5.89. The van der Waals surface area contributed by atoms with Gasteiger partial charge in [0.25, 0.3) is 0 Å². The molecule has 7 heterocycles. The molecule has 12 heteroatoms. The van der Waals surface area contributed by atoms with Crippen LogP contribution in [0.3, 0.4) is 0 Å². The topological polar surface area (TPSA) is 102 Å². The molecule has 50 heavy (non-hydrogen) atoms. The molecule has 4 aromatic rings. The molecule has 2 aliphatic carbocycles. The van der Waals surface area contributed by atoms with Gasteiger partial charge in [-0.3, -0.25) is 15.0 Å². The van der Waals surface area contributed by atoms with E-state index in [2.05, 4.69) is 104 Å². The highest BCUT2D eigenvalue weighted by Crippen LogP contribution is 2.37. The number of anilines is 2. The summed E-state index contributed by atoms with van der Waals surface area (Å²) in [5, 5.41) is 0.513. The second-order valence-corrected chi connectivity index (χ2v) is 14.5. The van der Waals surface area contributed by atoms with Gasteiger partial charge in [0, 0.05) is 87.2 Å². The number of rotatable bonds is 4. The first-order valence-corrected chi connectivity index (χ1v) is 18.0. The van der Waals surface area contributed by atoms with Crippen LogP contribution in [0.25, 0.3) is 23.4 Å². The standard InChI is InChI=1S/C16H16N4.C14H18BNO2.C8H10ClN3/c1-2-9-20(8-1)16-15(17-6-7-18-16)13-10-12-4-3-5-14(12)19-11-13;1-13(2)14(3,4)18-15(17-13)11-8-10-6-5-7-12(10)16-9-11;9-7-8(11-4-3-10-7)12-5-1-2-6-12/h3-4,6-7,10-11H,1-2,5,8-9H2;5-6,8-9H,7H2,1-4H3;3-4H,1-2,5-6H2. The Hall–Kier alpha value is -4.19. The average molecular weight is 691 g/mol. The molecular weight excluding hydrogens is 647 g/mol. The molecule has 0 unspecified atom stereocenters. The number of nitrogens with zero attached hydrogens (tertiary/aromatic N) is 8. The maximum absolute atomic E-state index is 6.02. The molecule has 0 amide bonds. The number of hydrogen-bond acceptors (Lipinski definition) is 10. The van der Waals surface area contributed by atoms with Crippen molar-refractivity contribution in [3.8, 4) is 11.3 Å². The van der Waals surface area contributed by atoms with Gasteiger partial charge in [-0.05, 0) is 70.6 Å². The lowest BCUT2D eigenvalue weighted by atomic mass is 9.79. The molecule has 3 fully saturated rings. The zero-order chi connectivity index (χ0) is 34.7. The smallest absolute Gasteiger partial charge is 0.399 e. The highest BCUT2D eigenvalue weighted by molar-refractivity contribution is 6.62. The first-order valence-electron chi connectivity index (χ1n) is 17.6. The molecule has 0 aromatic carbocycles. The third-order valence-electron chi connectivity index (χ3n) is 10.2. The van der Waals surface area contributed by atoms with Crippen molar-refractivity contribution in [1.29, 1.82) is 0 Å². The number of halogens is 1. The Kier molecular flexibility index (Phi) is 9.99. The molecule has 0 atom stereocenters. The van der Waals surface area contributed by atoms with Crippen LogP contribution in [-0.4, -0.2) is 74.4 Å². The molecule has 10 nitrogen and oxygen atoms in total. The highest BCUT2D eigenvalue weighted by atomic mass is 35.5. The minimum atomic E-state index is -0.318. The molecule has 0 N–H and O–H groups in total. The van der Waals surface area contributed by atoms with Crippen LogP contribution in [0.5, 0.6) is 0 Å². The summed E-state index contributed by atoms with van der Waals surface area (Å²) < 4.78 is 12.0. The SMILES string of the molecule is C1=Cc2cc(-c3nccnc3N3CCCC3)cnc2C1.CC1(C)OB(c2cnc3c(c2)C=CC3)OC1(C)C.Clc1nccnc1N1CCCC1. The van der Waals surface area contributed by atoms with Gasteiger partial charge in [0.2, 0.25) is 0 Å². The van der Waals surface area contributed by atoms with Gasteiger partial charge in [-0.15, -0.1) is 0 Å². The summed E-state index contributed by atoms with van der Waals surface area (Å²) in [6.07, 6.45) is 26.0. The molecule has 5 aliphatic rings. The normalized spacial score (nSPS) is 19.2. The van der Waals surface area contributed by atoms with Crippen LogP contribution in [0.4, 0.5) is 11.6 Å². The molecule has 3 saturated heterocycles. The van der Waals surface area contributed by atoms with Gasteiger partial charge in [-0.2, -0.15) is 0 Å². The van der Waals surface area contributed by atoms with Crippen LogP contribution >= 0.6 is 11.6 Å². The fourth-order valence-corrected chi connectivity index (χ4v) is 6.87. The molecule has 258 valence electrons. The Labute approximate surface area is 300 Å². The Bertz CT molecular complexity index is 1870. The van der Waals surface area contributed by atoms with Crippen LogP contribution in [-0.2, 0) is 22.2 Å². The number of fused-ring (bicyclic) bond motifs is 2. The molecule has 9 rings (SSSR count). The van der Waals surface area contributed by atoms with E-state index in [0.29, 0.717) is 5.15 Å². The van der Waals surface area contributed by atoms with Crippen molar-refractivity contribution in [2.24, 2.45) is 0 Å². The predicted octanol–water partition coefficient (Wildman–Crippen LogP) is 6.39. The zero-order valence-corrected chi connectivity index (χ0v) is 30.1. The van der Waals surface area contributed by atoms with Crippen LogP contribution in [0.15, 0.2) is 61.5 Å². The quantitative estimate of drug-likeness (QED) is 0.224. The highest BCUT2D eigenvalue weighted by Gasteiger charge is 2.51. The summed E-state index contributed by atoms with van der Waals surface area (Å²) in [6, 6.07) is 4.30. The van der Waals surface area contributed by atoms with Crippen LogP contribution < -0.4 is 15.3 Å². The van der Waals surface area contributed by atoms with E-state index in [1.165, 1.54) is 36.8 Å². The number of pyridine rings is 2. The fraction of sp³-hybridized carbons (Fsp3) is 0.421. The Balaban J connectivity index is 0.000000121. The average Bonchev–Trinajstić information content (AvgIpc) is 3.97. The van der Waals surface area contributed by atoms with E-state index < -0.39 is 0 Å². The summed E-state index contributed by atoms with van der Waals surface area (Å²) in [5.74, 6) is 1.82. The number of hydrogen-bond donors (Lipinski definition) is 0. The second kappa shape index (κ2) is 14.6. The summed E-state index contributed by atoms with van der Waals surface area (Å²) in [7, 11) is -0.318. The molecule has 4 aromatic heterocycles. The molecule has 0 saturated carbocycles. The monoisotopic (exact) mass is 690 g/mol. The predicted molar refractivity (Wildman–Crippen MR) is 201 cm³/mol. The molecule has 0 bridgehead atoms. The Morgan fingerprint density at radius 2 is 1.16 bits per heavy atom. The molecule has 0 radical (unpaired) electrons. The van der Waals surface area contributed by atoms with Crippen LogP contribution in [0.1, 0.15) is 75.9 Å². The summed E-state index contributed by atoms with van der Waals surface area (Å²) in [5.41, 5.74) is 7.09. The van der Waals surface area contributed by atoms with Crippen LogP contribution in [0.2, 0.25) is 5.15 Å². The van der Waals surface area contributed by atoms with E-state index in [1.54, 1.807) is 24.8 Å². The van der Waals surface area contributed by atoms with Gasteiger partial charge in [0.15, 0.2) is 16.8 Å². The van der Waals surface area contributed by atoms with E-state index in [0.717, 1.165) is 78.8 Å². The lowest BCUT2D eigenvalue weighted by Gasteiger charge is -2.32. The Morgan fingerprint density at radius 3 is 1.78 bits per heavy atom. The first-order chi connectivity index (χ1) is 24.2. The largest absolute Gasteiger partial charge is 0.496 e. The van der Waals surface area contributed by atoms with Crippen molar-refractivity contribution < 1.29 is 9.31 Å². The van der Waals surface area contributed by atoms with E-state index in [1.807, 2.05) is 12.4 Å². The maximum atomic E-state index is 6.02. The van der Waals surface area contributed by atoms with E-state index in [4.69, 9.17) is 20.9 Å². The van der Waals surface area contributed by atoms with Crippen molar-refractivity contribution in [1.82, 2.24) is 29.9 Å². The number of aromatic nitrogens is 6. The lowest BCUT2D eigenvalue weighted by molar-refractivity contribution is 0.00578. The first kappa shape index (κ1) is 34.3. The molecule has 0 spiro atoms. The van der Waals surface area contributed by atoms with Gasteiger partial charge in [0.1, 0.15) is 5.69 Å².